The van der Waals surface area contributed by atoms with Gasteiger partial charge < -0.3 is 4.74 Å². The van der Waals surface area contributed by atoms with Gasteiger partial charge in [0.15, 0.2) is 5.78 Å². The van der Waals surface area contributed by atoms with Crippen molar-refractivity contribution < 1.29 is 9.53 Å². The summed E-state index contributed by atoms with van der Waals surface area (Å²) in [6.45, 7) is 0.360. The predicted molar refractivity (Wildman–Crippen MR) is 117 cm³/mol. The fourth-order valence-corrected chi connectivity index (χ4v) is 4.09. The highest BCUT2D eigenvalue weighted by Crippen LogP contribution is 2.36. The molecule has 0 saturated heterocycles. The molecule has 0 aliphatic heterocycles. The van der Waals surface area contributed by atoms with Gasteiger partial charge in [-0.2, -0.15) is 0 Å². The molecule has 0 unspecified atom stereocenters. The van der Waals surface area contributed by atoms with E-state index in [1.165, 1.54) is 0 Å². The molecule has 0 heterocycles. The minimum atomic E-state index is -0.0399. The molecule has 136 valence electrons. The quantitative estimate of drug-likeness (QED) is 0.258. The van der Waals surface area contributed by atoms with E-state index < -0.39 is 0 Å². The molecule has 0 spiro atoms. The summed E-state index contributed by atoms with van der Waals surface area (Å²) in [6.07, 6.45) is 3.34. The summed E-state index contributed by atoms with van der Waals surface area (Å²) in [4.78, 5) is 12.2. The van der Waals surface area contributed by atoms with Gasteiger partial charge in [0.2, 0.25) is 0 Å². The van der Waals surface area contributed by atoms with E-state index in [0.29, 0.717) is 22.9 Å². The highest BCUT2D eigenvalue weighted by Gasteiger charge is 2.10. The van der Waals surface area contributed by atoms with Crippen molar-refractivity contribution in [2.24, 2.45) is 0 Å². The first-order chi connectivity index (χ1) is 13.0. The van der Waals surface area contributed by atoms with Crippen molar-refractivity contribution in [3.8, 4) is 5.75 Å². The van der Waals surface area contributed by atoms with Crippen LogP contribution in [0.1, 0.15) is 21.5 Å². The molecule has 0 aliphatic carbocycles. The minimum Gasteiger partial charge on any atom is -0.486 e. The Morgan fingerprint density at radius 1 is 0.963 bits per heavy atom. The molecule has 0 radical (unpaired) electrons. The van der Waals surface area contributed by atoms with Crippen molar-refractivity contribution in [3.63, 3.8) is 0 Å². The molecule has 0 aliphatic rings. The lowest BCUT2D eigenvalue weighted by atomic mass is 10.1. The maximum absolute atomic E-state index is 12.2. The van der Waals surface area contributed by atoms with Gasteiger partial charge in [0, 0.05) is 16.1 Å². The van der Waals surface area contributed by atoms with Crippen molar-refractivity contribution in [1.82, 2.24) is 0 Å². The van der Waals surface area contributed by atoms with Crippen molar-refractivity contribution in [1.29, 1.82) is 0 Å². The second-order valence-electron chi connectivity index (χ2n) is 5.76. The predicted octanol–water partition coefficient (Wildman–Crippen LogP) is 7.34. The first-order valence-corrected chi connectivity index (χ1v) is 10.1. The number of ether oxygens (including phenoxy) is 1. The van der Waals surface area contributed by atoms with Gasteiger partial charge in [0.25, 0.3) is 0 Å². The molecular formula is C22H15Br2ClO2. The molecule has 27 heavy (non-hydrogen) atoms. The first-order valence-electron chi connectivity index (χ1n) is 8.17. The zero-order valence-electron chi connectivity index (χ0n) is 14.2. The zero-order valence-corrected chi connectivity index (χ0v) is 18.1. The highest BCUT2D eigenvalue weighted by molar-refractivity contribution is 9.11. The molecule has 3 aromatic rings. The van der Waals surface area contributed by atoms with Crippen LogP contribution in [0.3, 0.4) is 0 Å². The molecule has 3 rings (SSSR count). The average molecular weight is 507 g/mol. The summed E-state index contributed by atoms with van der Waals surface area (Å²) in [5.74, 6) is 0.642. The molecule has 0 saturated carbocycles. The summed E-state index contributed by atoms with van der Waals surface area (Å²) < 4.78 is 7.49. The minimum absolute atomic E-state index is 0.0399. The number of rotatable bonds is 6. The molecule has 0 amide bonds. The topological polar surface area (TPSA) is 26.3 Å². The second-order valence-corrected chi connectivity index (χ2v) is 7.87. The lowest BCUT2D eigenvalue weighted by Gasteiger charge is -2.12. The van der Waals surface area contributed by atoms with Crippen LogP contribution in [0.5, 0.6) is 5.75 Å². The third kappa shape index (κ3) is 5.32. The van der Waals surface area contributed by atoms with Gasteiger partial charge in [0.1, 0.15) is 12.4 Å². The summed E-state index contributed by atoms with van der Waals surface area (Å²) in [6, 6.07) is 20.5. The fourth-order valence-electron chi connectivity index (χ4n) is 2.45. The number of hydrogen-bond donors (Lipinski definition) is 0. The van der Waals surface area contributed by atoms with Crippen LogP contribution in [0, 0.1) is 0 Å². The van der Waals surface area contributed by atoms with Gasteiger partial charge in [-0.1, -0.05) is 66.2 Å². The van der Waals surface area contributed by atoms with Gasteiger partial charge in [-0.3, -0.25) is 4.79 Å². The van der Waals surface area contributed by atoms with Gasteiger partial charge in [0.05, 0.1) is 8.95 Å². The van der Waals surface area contributed by atoms with Crippen molar-refractivity contribution in [3.05, 3.63) is 103 Å². The molecule has 0 bridgehead atoms. The molecule has 2 nitrogen and oxygen atoms in total. The Labute approximate surface area is 180 Å². The van der Waals surface area contributed by atoms with Crippen LogP contribution >= 0.6 is 43.5 Å². The maximum atomic E-state index is 12.2. The van der Waals surface area contributed by atoms with Gasteiger partial charge in [-0.15, -0.1) is 0 Å². The Kier molecular flexibility index (Phi) is 6.89. The first kappa shape index (κ1) is 19.9. The van der Waals surface area contributed by atoms with Gasteiger partial charge in [-0.25, -0.2) is 0 Å². The van der Waals surface area contributed by atoms with Crippen LogP contribution in [0.4, 0.5) is 0 Å². The Balaban J connectivity index is 1.74. The molecule has 0 N–H and O–H groups in total. The number of allylic oxidation sites excluding steroid dienone is 1. The summed E-state index contributed by atoms with van der Waals surface area (Å²) >= 11 is 13.2. The number of halogens is 3. The van der Waals surface area contributed by atoms with E-state index in [1.54, 1.807) is 24.3 Å². The van der Waals surface area contributed by atoms with E-state index in [2.05, 4.69) is 31.9 Å². The zero-order chi connectivity index (χ0) is 19.2. The van der Waals surface area contributed by atoms with Gasteiger partial charge in [-0.05, 0) is 61.7 Å². The molecular weight excluding hydrogens is 492 g/mol. The largest absolute Gasteiger partial charge is 0.486 e. The second kappa shape index (κ2) is 9.36. The number of carbonyl (C=O) groups excluding carboxylic acids is 1. The van der Waals surface area contributed by atoms with E-state index in [-0.39, 0.29) is 5.78 Å². The van der Waals surface area contributed by atoms with Crippen molar-refractivity contribution >= 4 is 55.3 Å². The van der Waals surface area contributed by atoms with E-state index in [1.807, 2.05) is 54.6 Å². The Hall–Kier alpha value is -1.88. The third-order valence-corrected chi connectivity index (χ3v) is 5.38. The molecule has 0 fully saturated rings. The van der Waals surface area contributed by atoms with E-state index >= 15 is 0 Å². The van der Waals surface area contributed by atoms with Crippen LogP contribution in [0.2, 0.25) is 5.02 Å². The van der Waals surface area contributed by atoms with Crippen molar-refractivity contribution in [2.75, 3.05) is 0 Å². The lowest BCUT2D eigenvalue weighted by molar-refractivity contribution is 0.104. The summed E-state index contributed by atoms with van der Waals surface area (Å²) in [5.41, 5.74) is 2.45. The Morgan fingerprint density at radius 3 is 2.26 bits per heavy atom. The normalized spacial score (nSPS) is 10.9. The van der Waals surface area contributed by atoms with Crippen molar-refractivity contribution in [2.45, 2.75) is 6.61 Å². The van der Waals surface area contributed by atoms with E-state index in [4.69, 9.17) is 16.3 Å². The average Bonchev–Trinajstić information content (AvgIpc) is 2.67. The maximum Gasteiger partial charge on any atom is 0.185 e. The highest BCUT2D eigenvalue weighted by atomic mass is 79.9. The SMILES string of the molecule is O=C(/C=C/c1cc(Br)c(OCc2ccccc2Cl)c(Br)c1)c1ccccc1. The third-order valence-electron chi connectivity index (χ3n) is 3.84. The van der Waals surface area contributed by atoms with Crippen LogP contribution in [-0.2, 0) is 6.61 Å². The molecule has 5 heteroatoms. The van der Waals surface area contributed by atoms with Crippen LogP contribution in [0.15, 0.2) is 81.8 Å². The monoisotopic (exact) mass is 504 g/mol. The van der Waals surface area contributed by atoms with Crippen LogP contribution in [0.25, 0.3) is 6.08 Å². The van der Waals surface area contributed by atoms with Gasteiger partial charge >= 0.3 is 0 Å². The standard InChI is InChI=1S/C22H15Br2ClO2/c23-18-12-15(10-11-21(26)16-6-2-1-3-7-16)13-19(24)22(18)27-14-17-8-4-5-9-20(17)25/h1-13H,14H2/b11-10+. The Morgan fingerprint density at radius 2 is 1.59 bits per heavy atom. The Bertz CT molecular complexity index is 962. The molecule has 0 atom stereocenters. The lowest BCUT2D eigenvalue weighted by Crippen LogP contribution is -1.98. The van der Waals surface area contributed by atoms with E-state index in [9.17, 15) is 4.79 Å². The fraction of sp³-hybridized carbons (Fsp3) is 0.0455. The number of hydrogen-bond acceptors (Lipinski definition) is 2. The summed E-state index contributed by atoms with van der Waals surface area (Å²) in [7, 11) is 0. The number of carbonyl (C=O) groups is 1. The smallest absolute Gasteiger partial charge is 0.185 e. The molecule has 3 aromatic carbocycles. The number of benzene rings is 3. The summed E-state index contributed by atoms with van der Waals surface area (Å²) in [5, 5.41) is 0.670. The van der Waals surface area contributed by atoms with Crippen LogP contribution in [-0.4, -0.2) is 5.78 Å². The number of ketones is 1. The molecule has 0 aromatic heterocycles. The van der Waals surface area contributed by atoms with Crippen LogP contribution < -0.4 is 4.74 Å². The van der Waals surface area contributed by atoms with E-state index in [0.717, 1.165) is 20.1 Å².